The molecule has 3 aromatic heterocycles. The number of pyridine rings is 1. The van der Waals surface area contributed by atoms with Crippen LogP contribution in [0.3, 0.4) is 0 Å². The minimum absolute atomic E-state index is 0.676. The summed E-state index contributed by atoms with van der Waals surface area (Å²) in [6, 6.07) is 50.6. The van der Waals surface area contributed by atoms with Gasteiger partial charge in [0.05, 0.1) is 6.54 Å². The van der Waals surface area contributed by atoms with Crippen molar-refractivity contribution in [3.63, 3.8) is 0 Å². The van der Waals surface area contributed by atoms with Gasteiger partial charge in [0, 0.05) is 18.2 Å². The number of imidazole rings is 1. The molecule has 0 saturated carbocycles. The maximum atomic E-state index is 4.91. The molecule has 238 valence electrons. The third kappa shape index (κ3) is 5.20. The van der Waals surface area contributed by atoms with Crippen molar-refractivity contribution in [1.29, 1.82) is 0 Å². The predicted octanol–water partition coefficient (Wildman–Crippen LogP) is 8.51. The van der Waals surface area contributed by atoms with Gasteiger partial charge in [-0.05, 0) is 62.4 Å². The first-order valence-electron chi connectivity index (χ1n) is 16.6. The summed E-state index contributed by atoms with van der Waals surface area (Å²) in [7, 11) is 0. The standard InChI is InChI=1S/C42H35N7/c1-3-38-44-39-30(2)27-28-43-41(39)48(38)29-31-23-25-32(26-24-31)36-21-13-14-22-37(36)40-45-46-47-49(40)42(33-15-7-4-8-16-33,34-17-9-5-10-18-34)35-19-11-6-12-20-35/h4-28H,3,29H2,1-2H3. The van der Waals surface area contributed by atoms with Crippen molar-refractivity contribution >= 4 is 11.2 Å². The lowest BCUT2D eigenvalue weighted by Crippen LogP contribution is -2.39. The van der Waals surface area contributed by atoms with Crippen LogP contribution in [0.15, 0.2) is 152 Å². The normalized spacial score (nSPS) is 11.6. The Bertz CT molecular complexity index is 2250. The van der Waals surface area contributed by atoms with Gasteiger partial charge in [-0.15, -0.1) is 5.10 Å². The first-order chi connectivity index (χ1) is 24.2. The molecule has 7 nitrogen and oxygen atoms in total. The molecule has 0 radical (unpaired) electrons. The van der Waals surface area contributed by atoms with Crippen molar-refractivity contribution in [2.75, 3.05) is 0 Å². The summed E-state index contributed by atoms with van der Waals surface area (Å²) >= 11 is 0. The maximum Gasteiger partial charge on any atom is 0.184 e. The number of tetrazole rings is 1. The van der Waals surface area contributed by atoms with Crippen molar-refractivity contribution in [3.05, 3.63) is 185 Å². The number of hydrogen-bond donors (Lipinski definition) is 0. The lowest BCUT2D eigenvalue weighted by Gasteiger charge is -2.36. The molecule has 3 heterocycles. The third-order valence-electron chi connectivity index (χ3n) is 9.37. The van der Waals surface area contributed by atoms with Crippen molar-refractivity contribution < 1.29 is 0 Å². The molecule has 8 rings (SSSR count). The zero-order chi connectivity index (χ0) is 33.2. The molecule has 0 amide bonds. The van der Waals surface area contributed by atoms with Gasteiger partial charge in [0.1, 0.15) is 16.9 Å². The van der Waals surface area contributed by atoms with Crippen molar-refractivity contribution in [2.45, 2.75) is 32.4 Å². The Kier molecular flexibility index (Phi) is 7.86. The van der Waals surface area contributed by atoms with E-state index in [1.807, 2.05) is 41.2 Å². The van der Waals surface area contributed by atoms with Gasteiger partial charge in [0.15, 0.2) is 11.5 Å². The highest BCUT2D eigenvalue weighted by Crippen LogP contribution is 2.43. The first-order valence-corrected chi connectivity index (χ1v) is 16.6. The van der Waals surface area contributed by atoms with E-state index in [4.69, 9.17) is 15.3 Å². The number of nitrogens with zero attached hydrogens (tertiary/aromatic N) is 7. The third-order valence-corrected chi connectivity index (χ3v) is 9.37. The summed E-state index contributed by atoms with van der Waals surface area (Å²) in [5.74, 6) is 1.71. The van der Waals surface area contributed by atoms with Gasteiger partial charge in [-0.25, -0.2) is 14.6 Å². The molecule has 0 spiro atoms. The molecule has 0 aliphatic heterocycles. The number of fused-ring (bicyclic) bond motifs is 1. The van der Waals surface area contributed by atoms with E-state index in [1.165, 1.54) is 5.56 Å². The first kappa shape index (κ1) is 30.1. The van der Waals surface area contributed by atoms with Crippen molar-refractivity contribution in [2.24, 2.45) is 0 Å². The second-order valence-electron chi connectivity index (χ2n) is 12.2. The molecule has 5 aromatic carbocycles. The molecular formula is C42H35N7. The monoisotopic (exact) mass is 637 g/mol. The van der Waals surface area contributed by atoms with Gasteiger partial charge in [0.2, 0.25) is 0 Å². The van der Waals surface area contributed by atoms with E-state index in [9.17, 15) is 0 Å². The molecule has 0 aliphatic rings. The molecular weight excluding hydrogens is 603 g/mol. The van der Waals surface area contributed by atoms with E-state index in [0.29, 0.717) is 12.4 Å². The highest BCUT2D eigenvalue weighted by atomic mass is 15.6. The molecule has 0 N–H and O–H groups in total. The quantitative estimate of drug-likeness (QED) is 0.148. The fraction of sp³-hybridized carbons (Fsp3) is 0.119. The van der Waals surface area contributed by atoms with Crippen molar-refractivity contribution in [1.82, 2.24) is 34.7 Å². The SMILES string of the molecule is CCc1nc2c(C)ccnc2n1Cc1ccc(-c2ccccc2-c2nnnn2C(c2ccccc2)(c2ccccc2)c2ccccc2)cc1. The van der Waals surface area contributed by atoms with Gasteiger partial charge in [-0.1, -0.05) is 146 Å². The number of rotatable bonds is 9. The Hall–Kier alpha value is -6.21. The van der Waals surface area contributed by atoms with Gasteiger partial charge >= 0.3 is 0 Å². The van der Waals surface area contributed by atoms with Crippen LogP contribution in [0.5, 0.6) is 0 Å². The Morgan fingerprint density at radius 2 is 1.20 bits per heavy atom. The van der Waals surface area contributed by atoms with E-state index in [1.54, 1.807) is 0 Å². The predicted molar refractivity (Wildman–Crippen MR) is 194 cm³/mol. The summed E-state index contributed by atoms with van der Waals surface area (Å²) in [5, 5.41) is 13.8. The molecule has 8 aromatic rings. The molecule has 0 unspecified atom stereocenters. The minimum atomic E-state index is -0.837. The smallest absolute Gasteiger partial charge is 0.184 e. The van der Waals surface area contributed by atoms with Crippen LogP contribution in [0.25, 0.3) is 33.7 Å². The Morgan fingerprint density at radius 1 is 0.633 bits per heavy atom. The largest absolute Gasteiger partial charge is 0.308 e. The summed E-state index contributed by atoms with van der Waals surface area (Å²) in [6.45, 7) is 4.93. The van der Waals surface area contributed by atoms with Gasteiger partial charge in [0.25, 0.3) is 0 Å². The van der Waals surface area contributed by atoms with E-state index in [2.05, 4.69) is 144 Å². The summed E-state index contributed by atoms with van der Waals surface area (Å²) in [4.78, 5) is 9.59. The van der Waals surface area contributed by atoms with E-state index < -0.39 is 5.54 Å². The number of aromatic nitrogens is 7. The number of benzene rings is 5. The molecule has 0 fully saturated rings. The lowest BCUT2D eigenvalue weighted by molar-refractivity contribution is 0.451. The van der Waals surface area contributed by atoms with Crippen LogP contribution in [0.4, 0.5) is 0 Å². The van der Waals surface area contributed by atoms with Crippen LogP contribution >= 0.6 is 0 Å². The topological polar surface area (TPSA) is 74.3 Å². The highest BCUT2D eigenvalue weighted by molar-refractivity contribution is 5.81. The second-order valence-corrected chi connectivity index (χ2v) is 12.2. The van der Waals surface area contributed by atoms with E-state index in [0.717, 1.165) is 62.4 Å². The zero-order valence-electron chi connectivity index (χ0n) is 27.5. The minimum Gasteiger partial charge on any atom is -0.308 e. The zero-order valence-corrected chi connectivity index (χ0v) is 27.5. The Labute approximate surface area is 285 Å². The number of hydrogen-bond acceptors (Lipinski definition) is 5. The molecule has 0 atom stereocenters. The average Bonchev–Trinajstić information content (AvgIpc) is 3.80. The van der Waals surface area contributed by atoms with E-state index >= 15 is 0 Å². The van der Waals surface area contributed by atoms with Crippen LogP contribution in [-0.2, 0) is 18.5 Å². The van der Waals surface area contributed by atoms with Crippen LogP contribution in [0.1, 0.15) is 40.6 Å². The summed E-state index contributed by atoms with van der Waals surface area (Å²) < 4.78 is 4.22. The fourth-order valence-electron chi connectivity index (χ4n) is 7.01. The molecule has 7 heteroatoms. The van der Waals surface area contributed by atoms with Crippen molar-refractivity contribution in [3.8, 4) is 22.5 Å². The second kappa shape index (κ2) is 12.8. The Balaban J connectivity index is 1.25. The molecule has 0 bridgehead atoms. The van der Waals surface area contributed by atoms with Crippen LogP contribution in [0.2, 0.25) is 0 Å². The average molecular weight is 638 g/mol. The number of aryl methyl sites for hydroxylation is 2. The van der Waals surface area contributed by atoms with E-state index in [-0.39, 0.29) is 0 Å². The molecule has 0 saturated heterocycles. The van der Waals surface area contributed by atoms with Gasteiger partial charge in [-0.2, -0.15) is 0 Å². The Morgan fingerprint density at radius 3 is 1.80 bits per heavy atom. The van der Waals surface area contributed by atoms with Gasteiger partial charge < -0.3 is 4.57 Å². The highest BCUT2D eigenvalue weighted by Gasteiger charge is 2.42. The van der Waals surface area contributed by atoms with Crippen LogP contribution < -0.4 is 0 Å². The summed E-state index contributed by atoms with van der Waals surface area (Å²) in [6.07, 6.45) is 2.71. The summed E-state index contributed by atoms with van der Waals surface area (Å²) in [5.41, 5.74) is 9.65. The fourth-order valence-corrected chi connectivity index (χ4v) is 7.01. The lowest BCUT2D eigenvalue weighted by atomic mass is 9.77. The molecule has 49 heavy (non-hydrogen) atoms. The van der Waals surface area contributed by atoms with Crippen LogP contribution in [0, 0.1) is 6.92 Å². The maximum absolute atomic E-state index is 4.91. The molecule has 0 aliphatic carbocycles. The van der Waals surface area contributed by atoms with Crippen LogP contribution in [-0.4, -0.2) is 34.7 Å². The van der Waals surface area contributed by atoms with Gasteiger partial charge in [-0.3, -0.25) is 0 Å².